The van der Waals surface area contributed by atoms with Crippen LogP contribution in [0.25, 0.3) is 0 Å². The number of hydrogen-bond donors (Lipinski definition) is 2. The zero-order valence-electron chi connectivity index (χ0n) is 10.8. The van der Waals surface area contributed by atoms with Crippen molar-refractivity contribution < 1.29 is 18.3 Å². The van der Waals surface area contributed by atoms with Gasteiger partial charge >= 0.3 is 0 Å². The number of aromatic hydroxyl groups is 1. The molecule has 106 valence electrons. The minimum Gasteiger partial charge on any atom is -0.508 e. The minimum atomic E-state index is -3.67. The normalized spacial score (nSPS) is 11.2. The van der Waals surface area contributed by atoms with Crippen LogP contribution >= 0.6 is 0 Å². The van der Waals surface area contributed by atoms with Crippen LogP contribution in [0.2, 0.25) is 0 Å². The van der Waals surface area contributed by atoms with E-state index >= 15 is 0 Å². The molecule has 0 saturated carbocycles. The van der Waals surface area contributed by atoms with Gasteiger partial charge in [0.05, 0.1) is 12.0 Å². The van der Waals surface area contributed by atoms with Gasteiger partial charge in [0, 0.05) is 18.8 Å². The molecule has 0 aliphatic carbocycles. The van der Waals surface area contributed by atoms with Gasteiger partial charge in [-0.2, -0.15) is 0 Å². The van der Waals surface area contributed by atoms with Gasteiger partial charge in [0.25, 0.3) is 0 Å². The maximum Gasteiger partial charge on any atom is 0.241 e. The molecule has 0 radical (unpaired) electrons. The Hall–Kier alpha value is -2.12. The molecule has 0 saturated heterocycles. The van der Waals surface area contributed by atoms with Crippen molar-refractivity contribution in [3.63, 3.8) is 0 Å². The summed E-state index contributed by atoms with van der Waals surface area (Å²) in [7, 11) is -2.16. The van der Waals surface area contributed by atoms with Crippen molar-refractivity contribution in [3.8, 4) is 11.6 Å². The van der Waals surface area contributed by atoms with Crippen molar-refractivity contribution >= 4 is 10.0 Å². The van der Waals surface area contributed by atoms with E-state index in [0.29, 0.717) is 11.4 Å². The van der Waals surface area contributed by atoms with E-state index in [1.54, 1.807) is 12.1 Å². The van der Waals surface area contributed by atoms with Gasteiger partial charge < -0.3 is 9.84 Å². The molecule has 0 aliphatic heterocycles. The molecule has 0 atom stereocenters. The van der Waals surface area contributed by atoms with Gasteiger partial charge in [-0.25, -0.2) is 18.1 Å². The van der Waals surface area contributed by atoms with E-state index in [9.17, 15) is 13.5 Å². The third kappa shape index (κ3) is 3.46. The summed E-state index contributed by atoms with van der Waals surface area (Å²) in [6, 6.07) is 8.85. The maximum atomic E-state index is 12.0. The fraction of sp³-hybridized carbons (Fsp3) is 0.154. The summed E-state index contributed by atoms with van der Waals surface area (Å²) in [4.78, 5) is 4.00. The second-order valence-electron chi connectivity index (χ2n) is 4.03. The predicted octanol–water partition coefficient (Wildman–Crippen LogP) is 1.27. The van der Waals surface area contributed by atoms with E-state index in [1.807, 2.05) is 0 Å². The topological polar surface area (TPSA) is 88.5 Å². The van der Waals surface area contributed by atoms with Crippen LogP contribution in [0.1, 0.15) is 5.56 Å². The zero-order valence-corrected chi connectivity index (χ0v) is 11.6. The number of ether oxygens (including phenoxy) is 1. The number of pyridine rings is 1. The third-order valence-electron chi connectivity index (χ3n) is 2.60. The van der Waals surface area contributed by atoms with Gasteiger partial charge in [0.1, 0.15) is 5.75 Å². The van der Waals surface area contributed by atoms with Gasteiger partial charge in [-0.15, -0.1) is 0 Å². The number of hydrogen-bond acceptors (Lipinski definition) is 5. The molecule has 20 heavy (non-hydrogen) atoms. The van der Waals surface area contributed by atoms with Gasteiger partial charge in [-0.1, -0.05) is 12.1 Å². The minimum absolute atomic E-state index is 0.0129. The molecule has 0 fully saturated rings. The van der Waals surface area contributed by atoms with E-state index in [-0.39, 0.29) is 17.2 Å². The molecule has 0 spiro atoms. The Morgan fingerprint density at radius 3 is 2.70 bits per heavy atom. The van der Waals surface area contributed by atoms with Crippen LogP contribution < -0.4 is 9.46 Å². The lowest BCUT2D eigenvalue weighted by molar-refractivity contribution is 0.397. The smallest absolute Gasteiger partial charge is 0.241 e. The van der Waals surface area contributed by atoms with Crippen LogP contribution in [0.3, 0.4) is 0 Å². The second-order valence-corrected chi connectivity index (χ2v) is 5.80. The Kier molecular flexibility index (Phi) is 4.21. The first kappa shape index (κ1) is 14.3. The van der Waals surface area contributed by atoms with E-state index in [2.05, 4.69) is 9.71 Å². The van der Waals surface area contributed by atoms with Gasteiger partial charge in [0.15, 0.2) is 0 Å². The second kappa shape index (κ2) is 5.89. The summed E-state index contributed by atoms with van der Waals surface area (Å²) in [5, 5.41) is 9.30. The van der Waals surface area contributed by atoms with Crippen LogP contribution in [0, 0.1) is 0 Å². The predicted molar refractivity (Wildman–Crippen MR) is 72.9 cm³/mol. The highest BCUT2D eigenvalue weighted by Crippen LogP contribution is 2.16. The molecule has 2 rings (SSSR count). The molecule has 7 heteroatoms. The first-order valence-corrected chi connectivity index (χ1v) is 7.27. The molecule has 1 aromatic carbocycles. The molecule has 6 nitrogen and oxygen atoms in total. The number of nitrogens with zero attached hydrogens (tertiary/aromatic N) is 1. The molecule has 0 amide bonds. The van der Waals surface area contributed by atoms with E-state index in [0.717, 1.165) is 0 Å². The van der Waals surface area contributed by atoms with Crippen LogP contribution in [0.5, 0.6) is 11.6 Å². The molecule has 0 unspecified atom stereocenters. The summed E-state index contributed by atoms with van der Waals surface area (Å²) in [5.41, 5.74) is 0.703. The van der Waals surface area contributed by atoms with E-state index in [1.165, 1.54) is 37.6 Å². The summed E-state index contributed by atoms with van der Waals surface area (Å²) in [5.74, 6) is 0.364. The van der Waals surface area contributed by atoms with Crippen LogP contribution in [0.15, 0.2) is 47.5 Å². The van der Waals surface area contributed by atoms with Crippen LogP contribution in [-0.4, -0.2) is 25.6 Å². The van der Waals surface area contributed by atoms with E-state index < -0.39 is 10.0 Å². The standard InChI is InChI=1S/C13H14N2O4S/c1-19-13-6-5-10(8-14-13)9-15-20(17,18)12-4-2-3-11(16)7-12/h2-8,15-16H,9H2,1H3. The number of phenols is 1. The molecule has 1 aromatic heterocycles. The first-order valence-electron chi connectivity index (χ1n) is 5.79. The van der Waals surface area contributed by atoms with Gasteiger partial charge in [-0.05, 0) is 23.8 Å². The van der Waals surface area contributed by atoms with Crippen molar-refractivity contribution in [1.82, 2.24) is 9.71 Å². The van der Waals surface area contributed by atoms with E-state index in [4.69, 9.17) is 4.74 Å². The fourth-order valence-electron chi connectivity index (χ4n) is 1.55. The average molecular weight is 294 g/mol. The number of methoxy groups -OCH3 is 1. The summed E-state index contributed by atoms with van der Waals surface area (Å²) < 4.78 is 31.4. The lowest BCUT2D eigenvalue weighted by Gasteiger charge is -2.07. The lowest BCUT2D eigenvalue weighted by atomic mass is 10.3. The fourth-order valence-corrected chi connectivity index (χ4v) is 2.61. The highest BCUT2D eigenvalue weighted by molar-refractivity contribution is 7.89. The molecule has 0 bridgehead atoms. The zero-order chi connectivity index (χ0) is 14.6. The third-order valence-corrected chi connectivity index (χ3v) is 4.00. The Balaban J connectivity index is 2.09. The van der Waals surface area contributed by atoms with Crippen LogP contribution in [-0.2, 0) is 16.6 Å². The Bertz CT molecular complexity index is 684. The number of phenolic OH excluding ortho intramolecular Hbond substituents is 1. The van der Waals surface area contributed by atoms with Crippen molar-refractivity contribution in [2.75, 3.05) is 7.11 Å². The highest BCUT2D eigenvalue weighted by atomic mass is 32.2. The first-order chi connectivity index (χ1) is 9.51. The number of benzene rings is 1. The van der Waals surface area contributed by atoms with Gasteiger partial charge in [-0.3, -0.25) is 0 Å². The Morgan fingerprint density at radius 1 is 1.30 bits per heavy atom. The van der Waals surface area contributed by atoms with Crippen molar-refractivity contribution in [1.29, 1.82) is 0 Å². The number of rotatable bonds is 5. The molecule has 2 N–H and O–H groups in total. The SMILES string of the molecule is COc1ccc(CNS(=O)(=O)c2cccc(O)c2)cn1. The van der Waals surface area contributed by atoms with Gasteiger partial charge in [0.2, 0.25) is 15.9 Å². The highest BCUT2D eigenvalue weighted by Gasteiger charge is 2.14. The summed E-state index contributed by atoms with van der Waals surface area (Å²) >= 11 is 0. The monoisotopic (exact) mass is 294 g/mol. The lowest BCUT2D eigenvalue weighted by Crippen LogP contribution is -2.23. The molecule has 1 heterocycles. The Morgan fingerprint density at radius 2 is 2.10 bits per heavy atom. The molecule has 0 aliphatic rings. The Labute approximate surface area is 117 Å². The summed E-state index contributed by atoms with van der Waals surface area (Å²) in [6.07, 6.45) is 1.53. The maximum absolute atomic E-state index is 12.0. The summed E-state index contributed by atoms with van der Waals surface area (Å²) in [6.45, 7) is 0.106. The average Bonchev–Trinajstić information content (AvgIpc) is 2.46. The number of aromatic nitrogens is 1. The quantitative estimate of drug-likeness (QED) is 0.867. The number of nitrogens with one attached hydrogen (secondary N) is 1. The van der Waals surface area contributed by atoms with Crippen molar-refractivity contribution in [2.45, 2.75) is 11.4 Å². The van der Waals surface area contributed by atoms with Crippen molar-refractivity contribution in [3.05, 3.63) is 48.2 Å². The largest absolute Gasteiger partial charge is 0.508 e. The molecule has 2 aromatic rings. The number of sulfonamides is 1. The molecular formula is C13H14N2O4S. The molecular weight excluding hydrogens is 280 g/mol. The van der Waals surface area contributed by atoms with Crippen LogP contribution in [0.4, 0.5) is 0 Å². The van der Waals surface area contributed by atoms with Crippen molar-refractivity contribution in [2.24, 2.45) is 0 Å².